The third kappa shape index (κ3) is 4.97. The highest BCUT2D eigenvalue weighted by molar-refractivity contribution is 5.90. The Hall–Kier alpha value is -1.88. The van der Waals surface area contributed by atoms with Gasteiger partial charge in [-0.05, 0) is 24.6 Å². The number of carbonyl (C=O) groups excluding carboxylic acids is 2. The molecule has 0 saturated carbocycles. The van der Waals surface area contributed by atoms with Gasteiger partial charge in [0.25, 0.3) is 0 Å². The van der Waals surface area contributed by atoms with Crippen molar-refractivity contribution in [2.75, 3.05) is 18.4 Å². The Bertz CT molecular complexity index is 362. The Morgan fingerprint density at radius 1 is 1.17 bits per heavy atom. The summed E-state index contributed by atoms with van der Waals surface area (Å²) in [5, 5.41) is 5.46. The lowest BCUT2D eigenvalue weighted by Gasteiger charge is -2.06. The number of anilines is 1. The molecule has 5 nitrogen and oxygen atoms in total. The first-order chi connectivity index (χ1) is 8.65. The van der Waals surface area contributed by atoms with Gasteiger partial charge in [-0.3, -0.25) is 9.59 Å². The Morgan fingerprint density at radius 2 is 1.83 bits per heavy atom. The monoisotopic (exact) mass is 249 g/mol. The zero-order valence-electron chi connectivity index (χ0n) is 10.5. The number of hydrogen-bond donors (Lipinski definition) is 3. The molecule has 0 fully saturated rings. The van der Waals surface area contributed by atoms with Crippen LogP contribution in [0.15, 0.2) is 24.3 Å². The van der Waals surface area contributed by atoms with E-state index in [2.05, 4.69) is 10.6 Å². The summed E-state index contributed by atoms with van der Waals surface area (Å²) >= 11 is 0. The summed E-state index contributed by atoms with van der Waals surface area (Å²) in [5.74, 6) is -0.105. The van der Waals surface area contributed by atoms with E-state index in [4.69, 9.17) is 5.73 Å². The first-order valence-corrected chi connectivity index (χ1v) is 6.01. The molecule has 0 saturated heterocycles. The summed E-state index contributed by atoms with van der Waals surface area (Å²) in [5.41, 5.74) is 6.92. The fraction of sp³-hybridized carbons (Fsp3) is 0.385. The van der Waals surface area contributed by atoms with Crippen LogP contribution in [0.3, 0.4) is 0 Å². The van der Waals surface area contributed by atoms with Crippen LogP contribution >= 0.6 is 0 Å². The van der Waals surface area contributed by atoms with Crippen molar-refractivity contribution in [2.24, 2.45) is 5.73 Å². The number of likely N-dealkylation sites (N-methyl/N-ethyl adjacent to an activating group) is 1. The van der Waals surface area contributed by atoms with Gasteiger partial charge in [-0.2, -0.15) is 0 Å². The number of nitrogens with two attached hydrogens (primary N) is 1. The van der Waals surface area contributed by atoms with Crippen LogP contribution in [0.25, 0.3) is 0 Å². The van der Waals surface area contributed by atoms with Crippen LogP contribution in [0.5, 0.6) is 0 Å². The van der Waals surface area contributed by atoms with Gasteiger partial charge in [0.15, 0.2) is 0 Å². The minimum atomic E-state index is -0.103. The molecule has 0 bridgehead atoms. The predicted molar refractivity (Wildman–Crippen MR) is 71.1 cm³/mol. The van der Waals surface area contributed by atoms with Crippen LogP contribution in [0.2, 0.25) is 0 Å². The molecule has 98 valence electrons. The molecule has 0 unspecified atom stereocenters. The third-order valence-electron chi connectivity index (χ3n) is 2.35. The van der Waals surface area contributed by atoms with Crippen molar-refractivity contribution in [3.05, 3.63) is 29.8 Å². The average Bonchev–Trinajstić information content (AvgIpc) is 2.32. The molecule has 0 heterocycles. The first-order valence-electron chi connectivity index (χ1n) is 6.01. The Morgan fingerprint density at radius 3 is 2.39 bits per heavy atom. The van der Waals surface area contributed by atoms with E-state index in [9.17, 15) is 9.59 Å². The van der Waals surface area contributed by atoms with E-state index >= 15 is 0 Å². The molecular formula is C13H19N3O2. The van der Waals surface area contributed by atoms with Crippen molar-refractivity contribution in [2.45, 2.75) is 19.8 Å². The lowest BCUT2D eigenvalue weighted by molar-refractivity contribution is -0.120. The predicted octanol–water partition coefficient (Wildman–Crippen LogP) is 0.653. The maximum Gasteiger partial charge on any atom is 0.225 e. The molecule has 0 aliphatic carbocycles. The zero-order chi connectivity index (χ0) is 13.4. The molecule has 2 amide bonds. The molecule has 0 atom stereocenters. The third-order valence-corrected chi connectivity index (χ3v) is 2.35. The van der Waals surface area contributed by atoms with E-state index < -0.39 is 0 Å². The van der Waals surface area contributed by atoms with Crippen molar-refractivity contribution in [3.8, 4) is 0 Å². The highest BCUT2D eigenvalue weighted by Gasteiger charge is 2.03. The first kappa shape index (κ1) is 14.2. The van der Waals surface area contributed by atoms with Crippen LogP contribution < -0.4 is 16.4 Å². The average molecular weight is 249 g/mol. The van der Waals surface area contributed by atoms with E-state index in [-0.39, 0.29) is 11.8 Å². The molecule has 18 heavy (non-hydrogen) atoms. The lowest BCUT2D eigenvalue weighted by Crippen LogP contribution is -2.24. The van der Waals surface area contributed by atoms with Crippen LogP contribution in [-0.4, -0.2) is 24.9 Å². The molecule has 1 rings (SSSR count). The van der Waals surface area contributed by atoms with E-state index in [1.807, 2.05) is 19.1 Å². The second-order valence-electron chi connectivity index (χ2n) is 3.91. The van der Waals surface area contributed by atoms with Crippen molar-refractivity contribution >= 4 is 17.5 Å². The maximum atomic E-state index is 11.4. The van der Waals surface area contributed by atoms with Crippen molar-refractivity contribution in [1.82, 2.24) is 5.32 Å². The molecule has 0 spiro atoms. The van der Waals surface area contributed by atoms with Gasteiger partial charge in [-0.15, -0.1) is 0 Å². The quantitative estimate of drug-likeness (QED) is 0.692. The van der Waals surface area contributed by atoms with Gasteiger partial charge in [0.05, 0.1) is 6.42 Å². The van der Waals surface area contributed by atoms with Gasteiger partial charge in [-0.1, -0.05) is 12.1 Å². The second kappa shape index (κ2) is 7.45. The summed E-state index contributed by atoms with van der Waals surface area (Å²) in [6.45, 7) is 2.85. The van der Waals surface area contributed by atoms with Crippen molar-refractivity contribution in [1.29, 1.82) is 0 Å². The number of benzene rings is 1. The fourth-order valence-electron chi connectivity index (χ4n) is 1.51. The van der Waals surface area contributed by atoms with Gasteiger partial charge < -0.3 is 16.4 Å². The Kier molecular flexibility index (Phi) is 5.87. The standard InChI is InChI=1S/C13H19N3O2/c1-2-15-13(18)9-10-3-5-11(6-4-10)16-12(17)7-8-14/h3-6H,2,7-9,14H2,1H3,(H,15,18)(H,16,17). The van der Waals surface area contributed by atoms with Crippen LogP contribution in [0.1, 0.15) is 18.9 Å². The molecule has 0 aliphatic heterocycles. The maximum absolute atomic E-state index is 11.4. The second-order valence-corrected chi connectivity index (χ2v) is 3.91. The normalized spacial score (nSPS) is 9.89. The molecular weight excluding hydrogens is 230 g/mol. The zero-order valence-corrected chi connectivity index (χ0v) is 10.5. The van der Waals surface area contributed by atoms with Gasteiger partial charge in [0.2, 0.25) is 11.8 Å². The van der Waals surface area contributed by atoms with Crippen LogP contribution in [0, 0.1) is 0 Å². The van der Waals surface area contributed by atoms with Crippen LogP contribution in [-0.2, 0) is 16.0 Å². The van der Waals surface area contributed by atoms with Gasteiger partial charge in [0, 0.05) is 25.2 Å². The highest BCUT2D eigenvalue weighted by atomic mass is 16.2. The topological polar surface area (TPSA) is 84.2 Å². The molecule has 4 N–H and O–H groups in total. The van der Waals surface area contributed by atoms with Crippen molar-refractivity contribution in [3.63, 3.8) is 0 Å². The minimum absolute atomic E-state index is 0.00239. The number of rotatable bonds is 6. The molecule has 0 radical (unpaired) electrons. The lowest BCUT2D eigenvalue weighted by atomic mass is 10.1. The SMILES string of the molecule is CCNC(=O)Cc1ccc(NC(=O)CCN)cc1. The molecule has 1 aromatic rings. The molecule has 1 aromatic carbocycles. The van der Waals surface area contributed by atoms with Gasteiger partial charge >= 0.3 is 0 Å². The molecule has 0 aromatic heterocycles. The minimum Gasteiger partial charge on any atom is -0.356 e. The molecule has 0 aliphatic rings. The van der Waals surface area contributed by atoms with E-state index in [1.54, 1.807) is 12.1 Å². The number of nitrogens with one attached hydrogen (secondary N) is 2. The fourth-order valence-corrected chi connectivity index (χ4v) is 1.51. The van der Waals surface area contributed by atoms with E-state index in [1.165, 1.54) is 0 Å². The van der Waals surface area contributed by atoms with Gasteiger partial charge in [0.1, 0.15) is 0 Å². The number of hydrogen-bond acceptors (Lipinski definition) is 3. The largest absolute Gasteiger partial charge is 0.356 e. The Balaban J connectivity index is 2.52. The number of carbonyl (C=O) groups is 2. The summed E-state index contributed by atoms with van der Waals surface area (Å²) in [6.07, 6.45) is 0.658. The van der Waals surface area contributed by atoms with E-state index in [0.717, 1.165) is 5.56 Å². The molecule has 5 heteroatoms. The van der Waals surface area contributed by atoms with Crippen molar-refractivity contribution < 1.29 is 9.59 Å². The van der Waals surface area contributed by atoms with Crippen LogP contribution in [0.4, 0.5) is 5.69 Å². The smallest absolute Gasteiger partial charge is 0.225 e. The number of amides is 2. The summed E-state index contributed by atoms with van der Waals surface area (Å²) in [7, 11) is 0. The summed E-state index contributed by atoms with van der Waals surface area (Å²) in [4.78, 5) is 22.7. The summed E-state index contributed by atoms with van der Waals surface area (Å²) < 4.78 is 0. The van der Waals surface area contributed by atoms with E-state index in [0.29, 0.717) is 31.6 Å². The van der Waals surface area contributed by atoms with Gasteiger partial charge in [-0.25, -0.2) is 0 Å². The highest BCUT2D eigenvalue weighted by Crippen LogP contribution is 2.10. The Labute approximate surface area is 107 Å². The summed E-state index contributed by atoms with van der Waals surface area (Å²) in [6, 6.07) is 7.21.